The molecule has 0 aliphatic carbocycles. The Morgan fingerprint density at radius 1 is 1.53 bits per heavy atom. The van der Waals surface area contributed by atoms with Gasteiger partial charge in [0.25, 0.3) is 0 Å². The van der Waals surface area contributed by atoms with Gasteiger partial charge in [-0.1, -0.05) is 0 Å². The molecule has 0 bridgehead atoms. The third kappa shape index (κ3) is 5.39. The standard InChI is InChI=1S/C10H20N2O2S/c13-6-2-7-15-8-5-12-10(14)9-3-1-4-11-9/h9,11,13H,1-8H2,(H,12,14)/t9-/m1/s1. The molecule has 0 aromatic rings. The van der Waals surface area contributed by atoms with Crippen molar-refractivity contribution in [3.63, 3.8) is 0 Å². The van der Waals surface area contributed by atoms with Gasteiger partial charge in [-0.05, 0) is 31.6 Å². The summed E-state index contributed by atoms with van der Waals surface area (Å²) >= 11 is 1.77. The molecule has 1 aliphatic rings. The van der Waals surface area contributed by atoms with E-state index >= 15 is 0 Å². The fraction of sp³-hybridized carbons (Fsp3) is 0.900. The summed E-state index contributed by atoms with van der Waals surface area (Å²) in [4.78, 5) is 11.5. The zero-order valence-electron chi connectivity index (χ0n) is 9.00. The average molecular weight is 232 g/mol. The smallest absolute Gasteiger partial charge is 0.237 e. The van der Waals surface area contributed by atoms with Gasteiger partial charge in [-0.15, -0.1) is 0 Å². The molecule has 0 unspecified atom stereocenters. The molecule has 1 heterocycles. The van der Waals surface area contributed by atoms with Crippen molar-refractivity contribution in [3.05, 3.63) is 0 Å². The highest BCUT2D eigenvalue weighted by atomic mass is 32.2. The molecule has 1 fully saturated rings. The molecular weight excluding hydrogens is 212 g/mol. The molecule has 4 nitrogen and oxygen atoms in total. The summed E-state index contributed by atoms with van der Waals surface area (Å²) in [6.07, 6.45) is 2.90. The zero-order valence-corrected chi connectivity index (χ0v) is 9.81. The first kappa shape index (κ1) is 12.8. The van der Waals surface area contributed by atoms with Crippen LogP contribution >= 0.6 is 11.8 Å². The van der Waals surface area contributed by atoms with Gasteiger partial charge < -0.3 is 15.7 Å². The van der Waals surface area contributed by atoms with Crippen LogP contribution in [0.2, 0.25) is 0 Å². The maximum Gasteiger partial charge on any atom is 0.237 e. The summed E-state index contributed by atoms with van der Waals surface area (Å²) in [5, 5.41) is 14.6. The van der Waals surface area contributed by atoms with E-state index in [0.717, 1.165) is 43.9 Å². The first-order valence-electron chi connectivity index (χ1n) is 5.54. The predicted molar refractivity (Wildman–Crippen MR) is 63.1 cm³/mol. The van der Waals surface area contributed by atoms with Gasteiger partial charge in [-0.25, -0.2) is 0 Å². The van der Waals surface area contributed by atoms with E-state index in [1.54, 1.807) is 11.8 Å². The molecule has 88 valence electrons. The lowest BCUT2D eigenvalue weighted by atomic mass is 10.2. The molecule has 0 aromatic carbocycles. The van der Waals surface area contributed by atoms with Crippen molar-refractivity contribution in [2.75, 3.05) is 31.2 Å². The summed E-state index contributed by atoms with van der Waals surface area (Å²) in [5.74, 6) is 2.03. The number of amides is 1. The lowest BCUT2D eigenvalue weighted by Crippen LogP contribution is -2.41. The quantitative estimate of drug-likeness (QED) is 0.540. The molecule has 0 spiro atoms. The van der Waals surface area contributed by atoms with E-state index in [1.165, 1.54) is 0 Å². The van der Waals surface area contributed by atoms with E-state index < -0.39 is 0 Å². The number of thioether (sulfide) groups is 1. The van der Waals surface area contributed by atoms with Crippen LogP contribution in [0.25, 0.3) is 0 Å². The molecule has 3 N–H and O–H groups in total. The molecule has 1 atom stereocenters. The Morgan fingerprint density at radius 3 is 3.07 bits per heavy atom. The number of rotatable bonds is 7. The van der Waals surface area contributed by atoms with Crippen LogP contribution in [0.1, 0.15) is 19.3 Å². The van der Waals surface area contributed by atoms with E-state index in [2.05, 4.69) is 10.6 Å². The van der Waals surface area contributed by atoms with Gasteiger partial charge in [0.2, 0.25) is 5.91 Å². The molecule has 1 aliphatic heterocycles. The van der Waals surface area contributed by atoms with Gasteiger partial charge in [0.15, 0.2) is 0 Å². The molecule has 5 heteroatoms. The van der Waals surface area contributed by atoms with Crippen LogP contribution in [-0.2, 0) is 4.79 Å². The van der Waals surface area contributed by atoms with Crippen LogP contribution in [0.5, 0.6) is 0 Å². The molecule has 1 rings (SSSR count). The topological polar surface area (TPSA) is 61.4 Å². The summed E-state index contributed by atoms with van der Waals surface area (Å²) in [7, 11) is 0. The number of aliphatic hydroxyl groups is 1. The second-order valence-corrected chi connectivity index (χ2v) is 4.85. The van der Waals surface area contributed by atoms with Gasteiger partial charge in [-0.2, -0.15) is 11.8 Å². The van der Waals surface area contributed by atoms with E-state index in [4.69, 9.17) is 5.11 Å². The number of nitrogens with one attached hydrogen (secondary N) is 2. The zero-order chi connectivity index (χ0) is 10.9. The lowest BCUT2D eigenvalue weighted by Gasteiger charge is -2.10. The maximum absolute atomic E-state index is 11.5. The summed E-state index contributed by atoms with van der Waals surface area (Å²) in [5.41, 5.74) is 0. The Hall–Kier alpha value is -0.260. The van der Waals surface area contributed by atoms with Crippen molar-refractivity contribution in [1.29, 1.82) is 0 Å². The fourth-order valence-corrected chi connectivity index (χ4v) is 2.33. The van der Waals surface area contributed by atoms with Gasteiger partial charge in [0.05, 0.1) is 6.04 Å². The minimum atomic E-state index is 0.0347. The highest BCUT2D eigenvalue weighted by Crippen LogP contribution is 2.05. The van der Waals surface area contributed by atoms with Crippen LogP contribution in [0.3, 0.4) is 0 Å². The van der Waals surface area contributed by atoms with Crippen LogP contribution in [-0.4, -0.2) is 48.3 Å². The van der Waals surface area contributed by atoms with Crippen molar-refractivity contribution in [2.45, 2.75) is 25.3 Å². The van der Waals surface area contributed by atoms with E-state index in [1.807, 2.05) is 0 Å². The molecule has 1 saturated heterocycles. The third-order valence-electron chi connectivity index (χ3n) is 2.37. The molecular formula is C10H20N2O2S. The minimum Gasteiger partial charge on any atom is -0.396 e. The van der Waals surface area contributed by atoms with E-state index in [0.29, 0.717) is 0 Å². The Morgan fingerprint density at radius 2 is 2.40 bits per heavy atom. The SMILES string of the molecule is O=C(NCCSCCCO)[C@H]1CCCN1. The average Bonchev–Trinajstić information content (AvgIpc) is 2.76. The number of carbonyl (C=O) groups excluding carboxylic acids is 1. The van der Waals surface area contributed by atoms with Crippen molar-refractivity contribution < 1.29 is 9.90 Å². The fourth-order valence-electron chi connectivity index (χ4n) is 1.55. The number of aliphatic hydroxyl groups excluding tert-OH is 1. The first-order chi connectivity index (χ1) is 7.34. The van der Waals surface area contributed by atoms with E-state index in [-0.39, 0.29) is 18.6 Å². The summed E-state index contributed by atoms with van der Waals surface area (Å²) in [6, 6.07) is 0.0347. The van der Waals surface area contributed by atoms with Crippen LogP contribution in [0, 0.1) is 0 Å². The molecule has 0 saturated carbocycles. The van der Waals surface area contributed by atoms with Gasteiger partial charge >= 0.3 is 0 Å². The Balaban J connectivity index is 1.92. The highest BCUT2D eigenvalue weighted by molar-refractivity contribution is 7.99. The number of carbonyl (C=O) groups is 1. The number of hydrogen-bond acceptors (Lipinski definition) is 4. The largest absolute Gasteiger partial charge is 0.396 e. The van der Waals surface area contributed by atoms with Gasteiger partial charge in [0, 0.05) is 18.9 Å². The second kappa shape index (κ2) is 7.96. The van der Waals surface area contributed by atoms with Crippen molar-refractivity contribution >= 4 is 17.7 Å². The molecule has 0 radical (unpaired) electrons. The minimum absolute atomic E-state index is 0.0347. The van der Waals surface area contributed by atoms with Crippen molar-refractivity contribution in [1.82, 2.24) is 10.6 Å². The molecule has 0 aromatic heterocycles. The van der Waals surface area contributed by atoms with Crippen molar-refractivity contribution in [2.24, 2.45) is 0 Å². The monoisotopic (exact) mass is 232 g/mol. The summed E-state index contributed by atoms with van der Waals surface area (Å²) < 4.78 is 0. The normalized spacial score (nSPS) is 20.5. The van der Waals surface area contributed by atoms with Crippen LogP contribution in [0.4, 0.5) is 0 Å². The third-order valence-corrected chi connectivity index (χ3v) is 3.44. The van der Waals surface area contributed by atoms with Gasteiger partial charge in [0.1, 0.15) is 0 Å². The van der Waals surface area contributed by atoms with Crippen molar-refractivity contribution in [3.8, 4) is 0 Å². The van der Waals surface area contributed by atoms with Crippen LogP contribution in [0.15, 0.2) is 0 Å². The predicted octanol–water partition coefficient (Wildman–Crippen LogP) is -0.0298. The molecule has 15 heavy (non-hydrogen) atoms. The summed E-state index contributed by atoms with van der Waals surface area (Å²) in [6.45, 7) is 1.95. The first-order valence-corrected chi connectivity index (χ1v) is 6.70. The highest BCUT2D eigenvalue weighted by Gasteiger charge is 2.20. The second-order valence-electron chi connectivity index (χ2n) is 3.63. The number of hydrogen-bond donors (Lipinski definition) is 3. The molecule has 1 amide bonds. The Kier molecular flexibility index (Phi) is 6.80. The Bertz CT molecular complexity index is 184. The Labute approximate surface area is 95.2 Å². The van der Waals surface area contributed by atoms with Crippen LogP contribution < -0.4 is 10.6 Å². The lowest BCUT2D eigenvalue weighted by molar-refractivity contribution is -0.122. The van der Waals surface area contributed by atoms with E-state index in [9.17, 15) is 4.79 Å². The maximum atomic E-state index is 11.5. The van der Waals surface area contributed by atoms with Gasteiger partial charge in [-0.3, -0.25) is 4.79 Å².